The number of carboxylic acid groups (broad SMARTS) is 1. The molecule has 0 aliphatic carbocycles. The summed E-state index contributed by atoms with van der Waals surface area (Å²) in [6, 6.07) is 12.6. The van der Waals surface area contributed by atoms with Gasteiger partial charge in [0.25, 0.3) is 11.8 Å². The summed E-state index contributed by atoms with van der Waals surface area (Å²) in [5, 5.41) is 15.0. The molecule has 3 aromatic rings. The van der Waals surface area contributed by atoms with Crippen LogP contribution in [0.2, 0.25) is 0 Å². The number of aromatic nitrogens is 1. The van der Waals surface area contributed by atoms with Gasteiger partial charge in [-0.3, -0.25) is 19.4 Å². The van der Waals surface area contributed by atoms with Gasteiger partial charge >= 0.3 is 12.0 Å². The lowest BCUT2D eigenvalue weighted by Gasteiger charge is -2.32. The molecule has 0 saturated carbocycles. The first kappa shape index (κ1) is 31.4. The molecule has 12 nitrogen and oxygen atoms in total. The van der Waals surface area contributed by atoms with E-state index in [1.54, 1.807) is 35.4 Å². The van der Waals surface area contributed by atoms with Crippen molar-refractivity contribution < 1.29 is 33.4 Å². The topological polar surface area (TPSA) is 144 Å². The van der Waals surface area contributed by atoms with Gasteiger partial charge in [0, 0.05) is 62.8 Å². The second-order valence-electron chi connectivity index (χ2n) is 10.8. The van der Waals surface area contributed by atoms with Gasteiger partial charge in [-0.1, -0.05) is 12.1 Å². The zero-order valence-corrected chi connectivity index (χ0v) is 24.7. The van der Waals surface area contributed by atoms with Crippen LogP contribution in [0.1, 0.15) is 45.2 Å². The molecule has 3 N–H and O–H groups in total. The van der Waals surface area contributed by atoms with Gasteiger partial charge in [0.2, 0.25) is 0 Å². The van der Waals surface area contributed by atoms with Gasteiger partial charge < -0.3 is 35.2 Å². The highest BCUT2D eigenvalue weighted by Gasteiger charge is 2.27. The Bertz CT molecular complexity index is 1530. The van der Waals surface area contributed by atoms with Crippen molar-refractivity contribution in [2.75, 3.05) is 62.7 Å². The van der Waals surface area contributed by atoms with Gasteiger partial charge in [-0.2, -0.15) is 0 Å². The highest BCUT2D eigenvalue weighted by Crippen LogP contribution is 2.30. The van der Waals surface area contributed by atoms with Crippen LogP contribution in [0.25, 0.3) is 0 Å². The molecule has 1 atom stereocenters. The third-order valence-electron chi connectivity index (χ3n) is 7.75. The van der Waals surface area contributed by atoms with Gasteiger partial charge in [-0.15, -0.1) is 0 Å². The molecule has 236 valence electrons. The number of benzene rings is 2. The van der Waals surface area contributed by atoms with Crippen molar-refractivity contribution in [1.82, 2.24) is 20.1 Å². The lowest BCUT2D eigenvalue weighted by Crippen LogP contribution is -2.49. The molecule has 2 aromatic carbocycles. The van der Waals surface area contributed by atoms with E-state index in [1.165, 1.54) is 30.5 Å². The Labute approximate surface area is 259 Å². The summed E-state index contributed by atoms with van der Waals surface area (Å²) in [4.78, 5) is 61.0. The molecule has 1 aromatic heterocycles. The Morgan fingerprint density at radius 2 is 1.67 bits per heavy atom. The van der Waals surface area contributed by atoms with E-state index >= 15 is 0 Å². The largest absolute Gasteiger partial charge is 0.481 e. The van der Waals surface area contributed by atoms with Crippen LogP contribution in [-0.2, 0) is 9.53 Å². The highest BCUT2D eigenvalue weighted by atomic mass is 19.1. The van der Waals surface area contributed by atoms with E-state index < -0.39 is 29.6 Å². The number of halogens is 1. The second-order valence-corrected chi connectivity index (χ2v) is 10.8. The number of nitrogens with one attached hydrogen (secondary N) is 2. The fourth-order valence-electron chi connectivity index (χ4n) is 5.43. The summed E-state index contributed by atoms with van der Waals surface area (Å²) in [6.07, 6.45) is 3.37. The Morgan fingerprint density at radius 3 is 2.40 bits per heavy atom. The van der Waals surface area contributed by atoms with E-state index in [2.05, 4.69) is 15.6 Å². The Kier molecular flexibility index (Phi) is 10.2. The molecule has 0 radical (unpaired) electrons. The maximum Gasteiger partial charge on any atom is 0.320 e. The number of hydrogen-bond donors (Lipinski definition) is 3. The number of amides is 4. The molecular formula is C32H35FN6O6. The van der Waals surface area contributed by atoms with Gasteiger partial charge in [-0.25, -0.2) is 9.18 Å². The quantitative estimate of drug-likeness (QED) is 0.349. The molecule has 45 heavy (non-hydrogen) atoms. The number of ether oxygens (including phenoxy) is 1. The maximum absolute atomic E-state index is 13.9. The predicted molar refractivity (Wildman–Crippen MR) is 164 cm³/mol. The number of pyridine rings is 1. The molecule has 5 rings (SSSR count). The molecule has 2 aliphatic rings. The average Bonchev–Trinajstić information content (AvgIpc) is 3.31. The molecule has 0 spiro atoms. The Balaban J connectivity index is 1.39. The van der Waals surface area contributed by atoms with Gasteiger partial charge in [0.15, 0.2) is 0 Å². The van der Waals surface area contributed by atoms with Crippen molar-refractivity contribution in [1.29, 1.82) is 0 Å². The number of urea groups is 1. The Hall–Kier alpha value is -5.04. The minimum absolute atomic E-state index is 0.0312. The molecule has 13 heteroatoms. The lowest BCUT2D eigenvalue weighted by molar-refractivity contribution is -0.137. The second kappa shape index (κ2) is 14.6. The minimum Gasteiger partial charge on any atom is -0.481 e. The minimum atomic E-state index is -1.09. The Morgan fingerprint density at radius 1 is 0.889 bits per heavy atom. The molecule has 1 unspecified atom stereocenters. The van der Waals surface area contributed by atoms with Gasteiger partial charge in [0.05, 0.1) is 37.1 Å². The van der Waals surface area contributed by atoms with Crippen molar-refractivity contribution in [3.63, 3.8) is 0 Å². The number of carbonyl (C=O) groups is 4. The maximum atomic E-state index is 13.9. The van der Waals surface area contributed by atoms with E-state index in [0.717, 1.165) is 6.07 Å². The van der Waals surface area contributed by atoms with Crippen LogP contribution in [0.4, 0.5) is 20.6 Å². The van der Waals surface area contributed by atoms with Crippen molar-refractivity contribution >= 4 is 35.2 Å². The van der Waals surface area contributed by atoms with Crippen LogP contribution >= 0.6 is 0 Å². The smallest absolute Gasteiger partial charge is 0.320 e. The molecule has 4 amide bonds. The molecule has 0 bridgehead atoms. The van der Waals surface area contributed by atoms with Gasteiger partial charge in [0.1, 0.15) is 5.82 Å². The first-order valence-corrected chi connectivity index (χ1v) is 14.8. The van der Waals surface area contributed by atoms with Crippen molar-refractivity contribution in [2.24, 2.45) is 0 Å². The first-order chi connectivity index (χ1) is 21.8. The summed E-state index contributed by atoms with van der Waals surface area (Å²) in [7, 11) is 0. The molecule has 2 aliphatic heterocycles. The number of hydrogen-bond acceptors (Lipinski definition) is 7. The van der Waals surface area contributed by atoms with E-state index in [1.807, 2.05) is 9.80 Å². The van der Waals surface area contributed by atoms with E-state index in [4.69, 9.17) is 4.74 Å². The third-order valence-corrected chi connectivity index (χ3v) is 7.75. The molecule has 2 saturated heterocycles. The highest BCUT2D eigenvalue weighted by molar-refractivity contribution is 6.07. The molecule has 3 heterocycles. The normalized spacial score (nSPS) is 16.0. The van der Waals surface area contributed by atoms with Crippen LogP contribution in [0.5, 0.6) is 0 Å². The van der Waals surface area contributed by atoms with Crippen molar-refractivity contribution in [3.8, 4) is 0 Å². The zero-order valence-electron chi connectivity index (χ0n) is 24.7. The van der Waals surface area contributed by atoms with E-state index in [9.17, 15) is 28.7 Å². The third kappa shape index (κ3) is 8.12. The number of carboxylic acids is 1. The fraction of sp³-hybridized carbons (Fsp3) is 0.344. The van der Waals surface area contributed by atoms with Crippen LogP contribution in [0.3, 0.4) is 0 Å². The van der Waals surface area contributed by atoms with Crippen molar-refractivity contribution in [2.45, 2.75) is 18.9 Å². The SMILES string of the molecule is O=C(O)CC(NC(=O)c1ccc(N2CCCN(C(=O)N3CCOCC3)CC2)c(NC(=O)c2cccc(F)c2)c1)c1cccnc1. The standard InChI is InChI=1S/C32H35FN6O6/c33-25-6-1-4-22(18-25)30(42)36-27-19-23(31(43)35-26(20-29(40)41)24-5-2-9-34-21-24)7-8-28(27)37-10-3-11-38(13-12-37)32(44)39-14-16-45-17-15-39/h1-2,4-9,18-19,21,26H,3,10-17,20H2,(H,35,43)(H,36,42)(H,40,41). The molecule has 2 fully saturated rings. The summed E-state index contributed by atoms with van der Waals surface area (Å²) in [5.41, 5.74) is 1.77. The number of rotatable bonds is 8. The summed E-state index contributed by atoms with van der Waals surface area (Å²) in [5.74, 6) is -2.76. The number of morpholine rings is 1. The van der Waals surface area contributed by atoms with Crippen LogP contribution in [-0.4, -0.2) is 96.2 Å². The van der Waals surface area contributed by atoms with E-state index in [0.29, 0.717) is 75.8 Å². The van der Waals surface area contributed by atoms with Crippen LogP contribution < -0.4 is 15.5 Å². The predicted octanol–water partition coefficient (Wildman–Crippen LogP) is 3.38. The van der Waals surface area contributed by atoms with Gasteiger partial charge in [-0.05, 0) is 54.4 Å². The average molecular weight is 619 g/mol. The molecular weight excluding hydrogens is 583 g/mol. The zero-order chi connectivity index (χ0) is 31.8. The monoisotopic (exact) mass is 618 g/mol. The van der Waals surface area contributed by atoms with E-state index in [-0.39, 0.29) is 23.6 Å². The first-order valence-electron chi connectivity index (χ1n) is 14.8. The number of aliphatic carboxylic acids is 1. The van der Waals surface area contributed by atoms with Crippen LogP contribution in [0, 0.1) is 5.82 Å². The van der Waals surface area contributed by atoms with Crippen molar-refractivity contribution in [3.05, 3.63) is 89.5 Å². The fourth-order valence-corrected chi connectivity index (χ4v) is 5.43. The number of anilines is 2. The summed E-state index contributed by atoms with van der Waals surface area (Å²) in [6.45, 7) is 4.21. The van der Waals surface area contributed by atoms with Crippen LogP contribution in [0.15, 0.2) is 67.0 Å². The summed E-state index contributed by atoms with van der Waals surface area (Å²) >= 11 is 0. The number of nitrogens with zero attached hydrogens (tertiary/aromatic N) is 4. The summed E-state index contributed by atoms with van der Waals surface area (Å²) < 4.78 is 19.3. The lowest BCUT2D eigenvalue weighted by atomic mass is 10.0. The number of carbonyl (C=O) groups excluding carboxylic acids is 3.